The summed E-state index contributed by atoms with van der Waals surface area (Å²) in [5.74, 6) is -0.108. The van der Waals surface area contributed by atoms with Gasteiger partial charge in [0.15, 0.2) is 0 Å². The van der Waals surface area contributed by atoms with Crippen LogP contribution in [0.4, 0.5) is 0 Å². The molecule has 0 aromatic rings. The van der Waals surface area contributed by atoms with Crippen LogP contribution in [0.5, 0.6) is 0 Å². The molecule has 136 valence electrons. The third-order valence-electron chi connectivity index (χ3n) is 4.02. The molecule has 0 N–H and O–H groups in total. The fraction of sp³-hybridized carbons (Fsp3) is 0.895. The molecule has 0 bridgehead atoms. The van der Waals surface area contributed by atoms with Crippen molar-refractivity contribution >= 4 is 11.9 Å². The van der Waals surface area contributed by atoms with Crippen LogP contribution in [0.25, 0.3) is 0 Å². The molecule has 0 aromatic heterocycles. The minimum absolute atomic E-state index is 0.0671. The van der Waals surface area contributed by atoms with Gasteiger partial charge in [-0.2, -0.15) is 0 Å². The molecule has 1 unspecified atom stereocenters. The summed E-state index contributed by atoms with van der Waals surface area (Å²) >= 11 is 0. The number of hydrogen-bond acceptors (Lipinski definition) is 4. The molecule has 0 spiro atoms. The average molecular weight is 328 g/mol. The van der Waals surface area contributed by atoms with E-state index in [0.29, 0.717) is 0 Å². The Morgan fingerprint density at radius 1 is 0.652 bits per heavy atom. The van der Waals surface area contributed by atoms with Crippen molar-refractivity contribution in [1.29, 1.82) is 0 Å². The summed E-state index contributed by atoms with van der Waals surface area (Å²) in [7, 11) is 0. The van der Waals surface area contributed by atoms with Gasteiger partial charge in [0.05, 0.1) is 12.3 Å². The lowest BCUT2D eigenvalue weighted by atomic mass is 9.95. The molecule has 0 aliphatic heterocycles. The van der Waals surface area contributed by atoms with Crippen LogP contribution in [-0.4, -0.2) is 24.1 Å². The van der Waals surface area contributed by atoms with Crippen molar-refractivity contribution in [3.63, 3.8) is 0 Å². The lowest BCUT2D eigenvalue weighted by molar-refractivity contribution is -0.165. The van der Waals surface area contributed by atoms with E-state index in [2.05, 4.69) is 0 Å². The van der Waals surface area contributed by atoms with Gasteiger partial charge < -0.3 is 9.47 Å². The minimum Gasteiger partial charge on any atom is -0.462 e. The van der Waals surface area contributed by atoms with E-state index in [1.165, 1.54) is 0 Å². The van der Waals surface area contributed by atoms with Crippen molar-refractivity contribution in [3.8, 4) is 0 Å². The Hall–Kier alpha value is -1.06. The average Bonchev–Trinajstić information content (AvgIpc) is 2.40. The molecule has 0 radical (unpaired) electrons. The van der Waals surface area contributed by atoms with E-state index in [4.69, 9.17) is 9.47 Å². The number of carbonyl (C=O) groups is 2. The molecule has 4 nitrogen and oxygen atoms in total. The van der Waals surface area contributed by atoms with E-state index in [-0.39, 0.29) is 54.2 Å². The van der Waals surface area contributed by atoms with Crippen molar-refractivity contribution in [2.75, 3.05) is 0 Å². The lowest BCUT2D eigenvalue weighted by Crippen LogP contribution is -2.33. The van der Waals surface area contributed by atoms with Gasteiger partial charge in [-0.25, -0.2) is 0 Å². The zero-order chi connectivity index (χ0) is 18.3. The Balaban J connectivity index is 4.59. The van der Waals surface area contributed by atoms with E-state index in [1.54, 1.807) is 6.92 Å². The second-order valence-electron chi connectivity index (χ2n) is 7.94. The van der Waals surface area contributed by atoms with Crippen LogP contribution in [0.3, 0.4) is 0 Å². The van der Waals surface area contributed by atoms with Gasteiger partial charge >= 0.3 is 11.9 Å². The standard InChI is InChI=1S/C19H36O4/c1-11(2)17(12(3)4)22-16(20)10-15(9)19(21)23-18(13(5)6)14(7)8/h11-15,17-18H,10H2,1-9H3. The van der Waals surface area contributed by atoms with Crippen LogP contribution in [0, 0.1) is 29.6 Å². The highest BCUT2D eigenvalue weighted by Crippen LogP contribution is 2.21. The Morgan fingerprint density at radius 3 is 1.35 bits per heavy atom. The number of carbonyl (C=O) groups excluding carboxylic acids is 2. The first-order valence-corrected chi connectivity index (χ1v) is 8.87. The molecule has 0 saturated heterocycles. The molecular weight excluding hydrogens is 292 g/mol. The van der Waals surface area contributed by atoms with Gasteiger partial charge in [0.25, 0.3) is 0 Å². The second kappa shape index (κ2) is 9.94. The molecule has 0 aromatic carbocycles. The molecule has 0 fully saturated rings. The minimum atomic E-state index is -0.484. The fourth-order valence-electron chi connectivity index (χ4n) is 2.87. The van der Waals surface area contributed by atoms with Gasteiger partial charge in [0.2, 0.25) is 0 Å². The molecule has 23 heavy (non-hydrogen) atoms. The SMILES string of the molecule is CC(CC(=O)OC(C(C)C)C(C)C)C(=O)OC(C(C)C)C(C)C. The Kier molecular flexibility index (Phi) is 9.48. The predicted molar refractivity (Wildman–Crippen MR) is 92.9 cm³/mol. The summed E-state index contributed by atoms with van der Waals surface area (Å²) in [6.07, 6.45) is -0.178. The van der Waals surface area contributed by atoms with Crippen LogP contribution in [0.2, 0.25) is 0 Å². The molecule has 0 amide bonds. The molecule has 4 heteroatoms. The summed E-state index contributed by atoms with van der Waals surface area (Å²) in [6, 6.07) is 0. The van der Waals surface area contributed by atoms with Crippen LogP contribution in [-0.2, 0) is 19.1 Å². The predicted octanol–water partition coefficient (Wildman–Crippen LogP) is 4.46. The van der Waals surface area contributed by atoms with Gasteiger partial charge in [0, 0.05) is 0 Å². The van der Waals surface area contributed by atoms with Crippen molar-refractivity contribution in [2.45, 2.75) is 80.9 Å². The van der Waals surface area contributed by atoms with E-state index >= 15 is 0 Å². The van der Waals surface area contributed by atoms with Gasteiger partial charge in [-0.15, -0.1) is 0 Å². The first-order chi connectivity index (χ1) is 10.5. The van der Waals surface area contributed by atoms with Crippen LogP contribution in [0.15, 0.2) is 0 Å². The third kappa shape index (κ3) is 7.85. The summed E-state index contributed by atoms with van der Waals surface area (Å²) in [5.41, 5.74) is 0. The first kappa shape index (κ1) is 21.9. The Morgan fingerprint density at radius 2 is 1.00 bits per heavy atom. The highest BCUT2D eigenvalue weighted by molar-refractivity contribution is 5.79. The number of rotatable bonds is 9. The summed E-state index contributed by atoms with van der Waals surface area (Å²) in [5, 5.41) is 0. The maximum absolute atomic E-state index is 12.2. The summed E-state index contributed by atoms with van der Waals surface area (Å²) in [4.78, 5) is 24.3. The quantitative estimate of drug-likeness (QED) is 0.586. The zero-order valence-corrected chi connectivity index (χ0v) is 16.4. The summed E-state index contributed by atoms with van der Waals surface area (Å²) < 4.78 is 11.1. The monoisotopic (exact) mass is 328 g/mol. The molecule has 0 aliphatic carbocycles. The molecular formula is C19H36O4. The normalized spacial score (nSPS) is 13.5. The van der Waals surface area contributed by atoms with Crippen LogP contribution >= 0.6 is 0 Å². The highest BCUT2D eigenvalue weighted by Gasteiger charge is 2.28. The van der Waals surface area contributed by atoms with Crippen LogP contribution in [0.1, 0.15) is 68.7 Å². The van der Waals surface area contributed by atoms with Gasteiger partial charge in [-0.3, -0.25) is 9.59 Å². The maximum Gasteiger partial charge on any atom is 0.309 e. The topological polar surface area (TPSA) is 52.6 Å². The number of ether oxygens (including phenoxy) is 2. The van der Waals surface area contributed by atoms with Crippen molar-refractivity contribution in [1.82, 2.24) is 0 Å². The molecule has 1 atom stereocenters. The van der Waals surface area contributed by atoms with E-state index in [1.807, 2.05) is 55.4 Å². The van der Waals surface area contributed by atoms with E-state index in [0.717, 1.165) is 0 Å². The number of esters is 2. The third-order valence-corrected chi connectivity index (χ3v) is 4.02. The fourth-order valence-corrected chi connectivity index (χ4v) is 2.87. The van der Waals surface area contributed by atoms with Gasteiger partial charge in [-0.1, -0.05) is 62.3 Å². The molecule has 0 rings (SSSR count). The molecule has 0 saturated carbocycles. The molecule has 0 aliphatic rings. The second-order valence-corrected chi connectivity index (χ2v) is 7.94. The Labute approximate surface area is 142 Å². The molecule has 0 heterocycles. The largest absolute Gasteiger partial charge is 0.462 e. The van der Waals surface area contributed by atoms with Gasteiger partial charge in [0.1, 0.15) is 12.2 Å². The highest BCUT2D eigenvalue weighted by atomic mass is 16.6. The van der Waals surface area contributed by atoms with Gasteiger partial charge in [-0.05, 0) is 23.7 Å². The van der Waals surface area contributed by atoms with Crippen molar-refractivity contribution in [2.24, 2.45) is 29.6 Å². The smallest absolute Gasteiger partial charge is 0.309 e. The first-order valence-electron chi connectivity index (χ1n) is 8.87. The summed E-state index contributed by atoms with van der Waals surface area (Å²) in [6.45, 7) is 18.0. The number of hydrogen-bond donors (Lipinski definition) is 0. The van der Waals surface area contributed by atoms with E-state index in [9.17, 15) is 9.59 Å². The van der Waals surface area contributed by atoms with Crippen molar-refractivity contribution in [3.05, 3.63) is 0 Å². The maximum atomic E-state index is 12.2. The lowest BCUT2D eigenvalue weighted by Gasteiger charge is -2.27. The van der Waals surface area contributed by atoms with Crippen LogP contribution < -0.4 is 0 Å². The van der Waals surface area contributed by atoms with E-state index < -0.39 is 5.92 Å². The van der Waals surface area contributed by atoms with Crippen molar-refractivity contribution < 1.29 is 19.1 Å². The Bertz CT molecular complexity index is 356. The zero-order valence-electron chi connectivity index (χ0n) is 16.4.